The van der Waals surface area contributed by atoms with Gasteiger partial charge in [0.2, 0.25) is 12.8 Å². The molecular formula is C18H14N4O2S. The van der Waals surface area contributed by atoms with E-state index in [2.05, 4.69) is 20.1 Å². The van der Waals surface area contributed by atoms with Crippen LogP contribution in [0, 0.1) is 0 Å². The molecule has 0 bridgehead atoms. The molecule has 0 aliphatic rings. The maximum atomic E-state index is 5.24. The highest BCUT2D eigenvalue weighted by molar-refractivity contribution is 7.99. The summed E-state index contributed by atoms with van der Waals surface area (Å²) in [4.78, 5) is 18.4. The molecule has 124 valence electrons. The Labute approximate surface area is 149 Å². The third-order valence-electron chi connectivity index (χ3n) is 2.87. The van der Waals surface area contributed by atoms with E-state index < -0.39 is 0 Å². The Morgan fingerprint density at radius 1 is 0.840 bits per heavy atom. The molecule has 0 atom stereocenters. The molecule has 1 aromatic heterocycles. The number of benzene rings is 2. The first-order chi connectivity index (χ1) is 12.4. The van der Waals surface area contributed by atoms with Gasteiger partial charge >= 0.3 is 0 Å². The van der Waals surface area contributed by atoms with Crippen molar-refractivity contribution in [1.82, 2.24) is 9.97 Å². The van der Waals surface area contributed by atoms with E-state index in [0.29, 0.717) is 10.9 Å². The SMILES string of the molecule is C(=NOC=Nc1ccc(Sc2ncccn2)cc1)Oc1ccccc1. The fourth-order valence-corrected chi connectivity index (χ4v) is 2.47. The van der Waals surface area contributed by atoms with Crippen molar-refractivity contribution in [3.63, 3.8) is 0 Å². The first kappa shape index (κ1) is 16.7. The topological polar surface area (TPSA) is 69.0 Å². The van der Waals surface area contributed by atoms with E-state index in [1.54, 1.807) is 18.5 Å². The zero-order valence-electron chi connectivity index (χ0n) is 13.1. The zero-order valence-corrected chi connectivity index (χ0v) is 13.9. The van der Waals surface area contributed by atoms with Gasteiger partial charge in [-0.3, -0.25) is 0 Å². The predicted octanol–water partition coefficient (Wildman–Crippen LogP) is 4.33. The molecule has 25 heavy (non-hydrogen) atoms. The third-order valence-corrected chi connectivity index (χ3v) is 3.77. The van der Waals surface area contributed by atoms with Gasteiger partial charge in [0, 0.05) is 17.3 Å². The van der Waals surface area contributed by atoms with E-state index in [1.807, 2.05) is 54.6 Å². The van der Waals surface area contributed by atoms with Crippen molar-refractivity contribution < 1.29 is 9.57 Å². The molecule has 0 aliphatic carbocycles. The number of para-hydroxylation sites is 1. The first-order valence-corrected chi connectivity index (χ1v) is 8.19. The summed E-state index contributed by atoms with van der Waals surface area (Å²) in [6.45, 7) is 0. The Morgan fingerprint density at radius 3 is 2.36 bits per heavy atom. The van der Waals surface area contributed by atoms with Crippen LogP contribution in [0.1, 0.15) is 0 Å². The molecule has 0 saturated heterocycles. The third kappa shape index (κ3) is 5.74. The minimum atomic E-state index is 0.683. The average Bonchev–Trinajstić information content (AvgIpc) is 2.67. The number of ether oxygens (including phenoxy) is 1. The van der Waals surface area contributed by atoms with E-state index in [4.69, 9.17) is 9.57 Å². The Hall–Kier alpha value is -3.19. The van der Waals surface area contributed by atoms with Crippen LogP contribution in [0.5, 0.6) is 5.75 Å². The highest BCUT2D eigenvalue weighted by atomic mass is 32.2. The molecule has 0 N–H and O–H groups in total. The molecule has 6 nitrogen and oxygen atoms in total. The van der Waals surface area contributed by atoms with Crippen molar-refractivity contribution in [2.75, 3.05) is 0 Å². The molecule has 7 heteroatoms. The normalized spacial score (nSPS) is 11.0. The van der Waals surface area contributed by atoms with Gasteiger partial charge in [-0.25, -0.2) is 15.0 Å². The van der Waals surface area contributed by atoms with E-state index >= 15 is 0 Å². The van der Waals surface area contributed by atoms with Crippen LogP contribution >= 0.6 is 11.8 Å². The number of hydrogen-bond donors (Lipinski definition) is 0. The minimum absolute atomic E-state index is 0.683. The monoisotopic (exact) mass is 350 g/mol. The van der Waals surface area contributed by atoms with Gasteiger partial charge in [-0.2, -0.15) is 0 Å². The molecule has 0 fully saturated rings. The fourth-order valence-electron chi connectivity index (χ4n) is 1.76. The second-order valence-electron chi connectivity index (χ2n) is 4.61. The Bertz CT molecular complexity index is 825. The van der Waals surface area contributed by atoms with E-state index in [1.165, 1.54) is 24.6 Å². The van der Waals surface area contributed by atoms with Crippen LogP contribution in [0.25, 0.3) is 0 Å². The molecule has 3 aromatic rings. The Kier molecular flexibility index (Phi) is 6.12. The number of aromatic nitrogens is 2. The van der Waals surface area contributed by atoms with Gasteiger partial charge < -0.3 is 9.57 Å². The number of aliphatic imine (C=N–C) groups is 1. The summed E-state index contributed by atoms with van der Waals surface area (Å²) in [5.41, 5.74) is 0.748. The van der Waals surface area contributed by atoms with Crippen molar-refractivity contribution in [2.24, 2.45) is 10.1 Å². The number of hydrogen-bond acceptors (Lipinski definition) is 7. The Balaban J connectivity index is 1.45. The van der Waals surface area contributed by atoms with Gasteiger partial charge in [0.1, 0.15) is 5.75 Å². The molecule has 1 heterocycles. The summed E-state index contributed by atoms with van der Waals surface area (Å²) < 4.78 is 5.24. The standard InChI is InChI=1S/C18H14N4O2S/c1-2-5-16(6-3-1)23-14-22-24-13-21-15-7-9-17(10-8-15)25-18-19-11-4-12-20-18/h1-14H. The van der Waals surface area contributed by atoms with Crippen molar-refractivity contribution >= 4 is 30.3 Å². The smallest absolute Gasteiger partial charge is 0.219 e. The quantitative estimate of drug-likeness (QED) is 0.275. The maximum Gasteiger partial charge on any atom is 0.219 e. The highest BCUT2D eigenvalue weighted by Gasteiger charge is 1.99. The lowest BCUT2D eigenvalue weighted by Crippen LogP contribution is -1.90. The van der Waals surface area contributed by atoms with Crippen LogP contribution in [0.15, 0.2) is 93.3 Å². The van der Waals surface area contributed by atoms with Crippen LogP contribution < -0.4 is 4.74 Å². The lowest BCUT2D eigenvalue weighted by Gasteiger charge is -1.99. The van der Waals surface area contributed by atoms with Gasteiger partial charge in [0.25, 0.3) is 0 Å². The van der Waals surface area contributed by atoms with Crippen molar-refractivity contribution in [1.29, 1.82) is 0 Å². The van der Waals surface area contributed by atoms with Gasteiger partial charge in [-0.05, 0) is 59.4 Å². The second kappa shape index (κ2) is 9.19. The molecule has 0 amide bonds. The maximum absolute atomic E-state index is 5.24. The van der Waals surface area contributed by atoms with Crippen LogP contribution in [-0.4, -0.2) is 22.8 Å². The molecule has 0 unspecified atom stereocenters. The van der Waals surface area contributed by atoms with Crippen LogP contribution in [0.4, 0.5) is 5.69 Å². The molecule has 0 aliphatic heterocycles. The summed E-state index contributed by atoms with van der Waals surface area (Å²) in [6, 6.07) is 18.7. The molecule has 0 radical (unpaired) electrons. The average molecular weight is 350 g/mol. The van der Waals surface area contributed by atoms with Crippen molar-refractivity contribution in [2.45, 2.75) is 10.1 Å². The number of rotatable bonds is 7. The fraction of sp³-hybridized carbons (Fsp3) is 0. The van der Waals surface area contributed by atoms with Gasteiger partial charge in [-0.15, -0.1) is 0 Å². The summed E-state index contributed by atoms with van der Waals surface area (Å²) in [7, 11) is 0. The van der Waals surface area contributed by atoms with Gasteiger partial charge in [0.15, 0.2) is 5.16 Å². The van der Waals surface area contributed by atoms with Crippen LogP contribution in [-0.2, 0) is 4.84 Å². The molecule has 2 aromatic carbocycles. The molecule has 3 rings (SSSR count). The summed E-state index contributed by atoms with van der Waals surface area (Å²) in [5.74, 6) is 0.683. The second-order valence-corrected chi connectivity index (χ2v) is 5.65. The van der Waals surface area contributed by atoms with Gasteiger partial charge in [0.05, 0.1) is 5.69 Å². The van der Waals surface area contributed by atoms with E-state index in [0.717, 1.165) is 10.6 Å². The predicted molar refractivity (Wildman–Crippen MR) is 97.4 cm³/mol. The summed E-state index contributed by atoms with van der Waals surface area (Å²) in [6.07, 6.45) is 5.88. The molecule has 0 spiro atoms. The van der Waals surface area contributed by atoms with Crippen molar-refractivity contribution in [3.05, 3.63) is 73.1 Å². The summed E-state index contributed by atoms with van der Waals surface area (Å²) in [5, 5.41) is 4.34. The number of oxime groups is 1. The lowest BCUT2D eigenvalue weighted by atomic mass is 10.3. The molecular weight excluding hydrogens is 336 g/mol. The largest absolute Gasteiger partial charge is 0.442 e. The Morgan fingerprint density at radius 2 is 1.60 bits per heavy atom. The van der Waals surface area contributed by atoms with Gasteiger partial charge in [-0.1, -0.05) is 18.2 Å². The van der Waals surface area contributed by atoms with E-state index in [-0.39, 0.29) is 0 Å². The number of nitrogens with zero attached hydrogens (tertiary/aromatic N) is 4. The van der Waals surface area contributed by atoms with Crippen LogP contribution in [0.2, 0.25) is 0 Å². The van der Waals surface area contributed by atoms with Crippen LogP contribution in [0.3, 0.4) is 0 Å². The highest BCUT2D eigenvalue weighted by Crippen LogP contribution is 2.25. The minimum Gasteiger partial charge on any atom is -0.442 e. The molecule has 0 saturated carbocycles. The summed E-state index contributed by atoms with van der Waals surface area (Å²) >= 11 is 1.48. The van der Waals surface area contributed by atoms with E-state index in [9.17, 15) is 0 Å². The lowest BCUT2D eigenvalue weighted by molar-refractivity contribution is 0.335. The first-order valence-electron chi connectivity index (χ1n) is 7.37. The van der Waals surface area contributed by atoms with Crippen molar-refractivity contribution in [3.8, 4) is 5.75 Å². The zero-order chi connectivity index (χ0) is 17.2.